The summed E-state index contributed by atoms with van der Waals surface area (Å²) in [5, 5.41) is 17.7. The molecule has 2 atom stereocenters. The fourth-order valence-electron chi connectivity index (χ4n) is 2.28. The molecule has 2 rings (SSSR count). The molecule has 0 aromatic heterocycles. The van der Waals surface area contributed by atoms with Crippen molar-refractivity contribution in [3.63, 3.8) is 0 Å². The van der Waals surface area contributed by atoms with Crippen molar-refractivity contribution < 1.29 is 29.1 Å². The van der Waals surface area contributed by atoms with Crippen LogP contribution in [0.3, 0.4) is 0 Å². The van der Waals surface area contributed by atoms with Gasteiger partial charge in [-0.05, 0) is 12.0 Å². The van der Waals surface area contributed by atoms with Crippen LogP contribution in [0, 0.1) is 0 Å². The second-order valence-corrected chi connectivity index (χ2v) is 6.27. The lowest BCUT2D eigenvalue weighted by atomic mass is 10.1. The summed E-state index contributed by atoms with van der Waals surface area (Å²) in [5.74, 6) is -1.62. The van der Waals surface area contributed by atoms with Crippen LogP contribution in [0.5, 0.6) is 0 Å². The molecule has 1 aromatic rings. The Balaban J connectivity index is 1.83. The van der Waals surface area contributed by atoms with Crippen LogP contribution in [-0.4, -0.2) is 46.9 Å². The summed E-state index contributed by atoms with van der Waals surface area (Å²) < 4.78 is 5.07. The van der Waals surface area contributed by atoms with Gasteiger partial charge < -0.3 is 25.3 Å². The number of carboxylic acid groups (broad SMARTS) is 1. The number of halogens is 1. The average Bonchev–Trinajstić information content (AvgIpc) is 3.07. The summed E-state index contributed by atoms with van der Waals surface area (Å²) in [6.45, 7) is 0.161. The van der Waals surface area contributed by atoms with Crippen molar-refractivity contribution in [3.8, 4) is 0 Å². The Bertz CT molecular complexity index is 697. The van der Waals surface area contributed by atoms with Gasteiger partial charge in [-0.2, -0.15) is 0 Å². The number of oxime groups is 1. The molecule has 1 heterocycles. The van der Waals surface area contributed by atoms with Crippen molar-refractivity contribution in [1.82, 2.24) is 10.6 Å². The predicted octanol–water partition coefficient (Wildman–Crippen LogP) is 1.60. The van der Waals surface area contributed by atoms with E-state index in [1.807, 2.05) is 6.07 Å². The number of carbonyl (C=O) groups excluding carboxylic acids is 2. The quantitative estimate of drug-likeness (QED) is 0.581. The zero-order valence-corrected chi connectivity index (χ0v) is 15.1. The highest BCUT2D eigenvalue weighted by Gasteiger charge is 2.25. The number of hydrogen-bond donors (Lipinski definition) is 3. The highest BCUT2D eigenvalue weighted by Crippen LogP contribution is 2.12. The highest BCUT2D eigenvalue weighted by molar-refractivity contribution is 6.65. The minimum absolute atomic E-state index is 0.0334. The number of ether oxygens (including phenoxy) is 1. The van der Waals surface area contributed by atoms with E-state index in [0.717, 1.165) is 5.56 Å². The van der Waals surface area contributed by atoms with Crippen molar-refractivity contribution >= 4 is 34.7 Å². The third-order valence-corrected chi connectivity index (χ3v) is 3.89. The maximum Gasteiger partial charge on any atom is 0.408 e. The molecule has 27 heavy (non-hydrogen) atoms. The van der Waals surface area contributed by atoms with Gasteiger partial charge in [-0.15, -0.1) is 0 Å². The topological polar surface area (TPSA) is 126 Å². The second kappa shape index (κ2) is 10.4. The van der Waals surface area contributed by atoms with E-state index in [1.165, 1.54) is 0 Å². The minimum Gasteiger partial charge on any atom is -0.481 e. The van der Waals surface area contributed by atoms with E-state index in [4.69, 9.17) is 26.3 Å². The first kappa shape index (κ1) is 20.5. The predicted molar refractivity (Wildman–Crippen MR) is 96.2 cm³/mol. The lowest BCUT2D eigenvalue weighted by molar-refractivity contribution is -0.137. The van der Waals surface area contributed by atoms with Crippen molar-refractivity contribution in [2.75, 3.05) is 6.54 Å². The van der Waals surface area contributed by atoms with E-state index in [0.29, 0.717) is 11.6 Å². The Hall–Kier alpha value is -2.81. The number of carboxylic acids is 1. The molecular formula is C17H20ClN3O6. The van der Waals surface area contributed by atoms with Crippen LogP contribution in [-0.2, 0) is 25.8 Å². The first-order valence-electron chi connectivity index (χ1n) is 8.29. The fraction of sp³-hybridized carbons (Fsp3) is 0.412. The maximum atomic E-state index is 12.3. The Morgan fingerprint density at radius 3 is 2.70 bits per heavy atom. The van der Waals surface area contributed by atoms with Gasteiger partial charge >= 0.3 is 12.1 Å². The van der Waals surface area contributed by atoms with Crippen LogP contribution < -0.4 is 10.6 Å². The number of rotatable bonds is 9. The smallest absolute Gasteiger partial charge is 0.408 e. The number of nitrogens with zero attached hydrogens (tertiary/aromatic N) is 1. The van der Waals surface area contributed by atoms with Gasteiger partial charge in [-0.1, -0.05) is 47.1 Å². The summed E-state index contributed by atoms with van der Waals surface area (Å²) in [4.78, 5) is 40.1. The summed E-state index contributed by atoms with van der Waals surface area (Å²) in [5.41, 5.74) is 0.787. The van der Waals surface area contributed by atoms with Gasteiger partial charge in [0.15, 0.2) is 6.10 Å². The minimum atomic E-state index is -1.08. The zero-order valence-electron chi connectivity index (χ0n) is 14.4. The van der Waals surface area contributed by atoms with E-state index < -0.39 is 30.1 Å². The average molecular weight is 398 g/mol. The summed E-state index contributed by atoms with van der Waals surface area (Å²) in [6, 6.07) is 7.97. The standard InChI is InChI=1S/C17H20ClN3O6/c18-14-8-12(27-21-14)9-19-16(24)13(6-7-15(22)23)20-17(25)26-10-11-4-2-1-3-5-11/h1-5,12-13H,6-10H2,(H,19,24)(H,20,25)(H,22,23)/t12?,13-/m0/s1. The van der Waals surface area contributed by atoms with Gasteiger partial charge in [0.1, 0.15) is 17.8 Å². The van der Waals surface area contributed by atoms with E-state index in [9.17, 15) is 14.4 Å². The number of nitrogens with one attached hydrogen (secondary N) is 2. The van der Waals surface area contributed by atoms with E-state index in [-0.39, 0.29) is 26.0 Å². The van der Waals surface area contributed by atoms with Crippen LogP contribution in [0.4, 0.5) is 4.79 Å². The van der Waals surface area contributed by atoms with Gasteiger partial charge in [0.05, 0.1) is 6.54 Å². The van der Waals surface area contributed by atoms with E-state index in [1.54, 1.807) is 24.3 Å². The molecule has 1 aliphatic rings. The molecule has 1 aliphatic heterocycles. The number of aliphatic carboxylic acids is 1. The molecule has 0 radical (unpaired) electrons. The fourth-order valence-corrected chi connectivity index (χ4v) is 2.50. The molecule has 0 fully saturated rings. The molecule has 0 spiro atoms. The van der Waals surface area contributed by atoms with Crippen LogP contribution >= 0.6 is 11.6 Å². The number of alkyl carbamates (subject to hydrolysis) is 1. The third kappa shape index (κ3) is 7.53. The highest BCUT2D eigenvalue weighted by atomic mass is 35.5. The number of amides is 2. The third-order valence-electron chi connectivity index (χ3n) is 3.67. The Morgan fingerprint density at radius 2 is 2.07 bits per heavy atom. The SMILES string of the molecule is O=C(O)CC[C@H](NC(=O)OCc1ccccc1)C(=O)NCC1CC(Cl)=NO1. The number of carbonyl (C=O) groups is 3. The Morgan fingerprint density at radius 1 is 1.33 bits per heavy atom. The van der Waals surface area contributed by atoms with Gasteiger partial charge in [0.25, 0.3) is 0 Å². The van der Waals surface area contributed by atoms with Gasteiger partial charge in [0.2, 0.25) is 5.91 Å². The molecule has 0 bridgehead atoms. The lowest BCUT2D eigenvalue weighted by Gasteiger charge is -2.18. The lowest BCUT2D eigenvalue weighted by Crippen LogP contribution is -2.48. The number of benzene rings is 1. The summed E-state index contributed by atoms with van der Waals surface area (Å²) in [7, 11) is 0. The molecular weight excluding hydrogens is 378 g/mol. The normalized spacial score (nSPS) is 16.6. The molecule has 0 saturated carbocycles. The summed E-state index contributed by atoms with van der Waals surface area (Å²) >= 11 is 5.70. The van der Waals surface area contributed by atoms with E-state index >= 15 is 0 Å². The molecule has 2 amide bonds. The molecule has 10 heteroatoms. The molecule has 1 unspecified atom stereocenters. The molecule has 3 N–H and O–H groups in total. The van der Waals surface area contributed by atoms with Crippen molar-refractivity contribution in [1.29, 1.82) is 0 Å². The Labute approximate surface area is 160 Å². The second-order valence-electron chi connectivity index (χ2n) is 5.84. The van der Waals surface area contributed by atoms with Crippen LogP contribution in [0.25, 0.3) is 0 Å². The molecule has 0 saturated heterocycles. The monoisotopic (exact) mass is 397 g/mol. The molecule has 9 nitrogen and oxygen atoms in total. The van der Waals surface area contributed by atoms with Crippen molar-refractivity contribution in [3.05, 3.63) is 35.9 Å². The van der Waals surface area contributed by atoms with Gasteiger partial charge in [-0.25, -0.2) is 4.79 Å². The van der Waals surface area contributed by atoms with Crippen molar-refractivity contribution in [2.45, 2.75) is 38.0 Å². The van der Waals surface area contributed by atoms with Crippen molar-refractivity contribution in [2.24, 2.45) is 5.16 Å². The Kier molecular flexibility index (Phi) is 7.87. The van der Waals surface area contributed by atoms with E-state index in [2.05, 4.69) is 15.8 Å². The first-order chi connectivity index (χ1) is 12.9. The summed E-state index contributed by atoms with van der Waals surface area (Å²) in [6.07, 6.45) is -1.20. The molecule has 1 aromatic carbocycles. The maximum absolute atomic E-state index is 12.3. The molecule has 146 valence electrons. The van der Waals surface area contributed by atoms with Gasteiger partial charge in [-0.3, -0.25) is 9.59 Å². The van der Waals surface area contributed by atoms with Crippen LogP contribution in [0.15, 0.2) is 35.5 Å². The van der Waals surface area contributed by atoms with Gasteiger partial charge in [0, 0.05) is 12.8 Å². The van der Waals surface area contributed by atoms with Crippen LogP contribution in [0.2, 0.25) is 0 Å². The molecule has 0 aliphatic carbocycles. The van der Waals surface area contributed by atoms with Crippen LogP contribution in [0.1, 0.15) is 24.8 Å². The largest absolute Gasteiger partial charge is 0.481 e. The first-order valence-corrected chi connectivity index (χ1v) is 8.66. The zero-order chi connectivity index (χ0) is 19.6. The number of hydrogen-bond acceptors (Lipinski definition) is 6.